The molecule has 27 heavy (non-hydrogen) atoms. The van der Waals surface area contributed by atoms with Crippen molar-refractivity contribution in [1.82, 2.24) is 15.6 Å². The van der Waals surface area contributed by atoms with Crippen LogP contribution in [0.4, 0.5) is 9.93 Å². The summed E-state index contributed by atoms with van der Waals surface area (Å²) >= 11 is 3.08. The minimum Gasteiger partial charge on any atom is -0.545 e. The van der Waals surface area contributed by atoms with E-state index in [0.29, 0.717) is 23.8 Å². The summed E-state index contributed by atoms with van der Waals surface area (Å²) in [6.07, 6.45) is 0.942. The van der Waals surface area contributed by atoms with E-state index in [2.05, 4.69) is 20.6 Å². The van der Waals surface area contributed by atoms with Crippen molar-refractivity contribution in [1.29, 1.82) is 0 Å². The van der Waals surface area contributed by atoms with Gasteiger partial charge < -0.3 is 42.6 Å². The maximum absolute atomic E-state index is 10.9. The van der Waals surface area contributed by atoms with Gasteiger partial charge in [0.1, 0.15) is 0 Å². The Labute approximate surface area is 164 Å². The minimum atomic E-state index is -1.51. The highest BCUT2D eigenvalue weighted by atomic mass is 32.2. The molecule has 9 N–H and O–H groups in total. The van der Waals surface area contributed by atoms with E-state index >= 15 is 0 Å². The van der Waals surface area contributed by atoms with Crippen LogP contribution < -0.4 is 27.2 Å². The van der Waals surface area contributed by atoms with Gasteiger partial charge in [0.05, 0.1) is 11.7 Å². The number of carboxylic acids is 2. The third-order valence-electron chi connectivity index (χ3n) is 2.14. The number of nitrogens with one attached hydrogen (secondary N) is 2. The molecule has 0 spiro atoms. The zero-order valence-electron chi connectivity index (χ0n) is 15.3. The first-order chi connectivity index (χ1) is 12.2. The van der Waals surface area contributed by atoms with Crippen molar-refractivity contribution in [3.05, 3.63) is 23.2 Å². The van der Waals surface area contributed by atoms with Gasteiger partial charge in [-0.2, -0.15) is 16.8 Å². The molecule has 12 nitrogen and oxygen atoms in total. The summed E-state index contributed by atoms with van der Waals surface area (Å²) in [5.74, 6) is -1.20. The van der Waals surface area contributed by atoms with Crippen LogP contribution >= 0.6 is 23.1 Å². The smallest absolute Gasteiger partial charge is 0.545 e. The lowest BCUT2D eigenvalue weighted by atomic mass is 10.5. The maximum Gasteiger partial charge on any atom is 1.00 e. The van der Waals surface area contributed by atoms with E-state index in [0.717, 1.165) is 17.2 Å². The summed E-state index contributed by atoms with van der Waals surface area (Å²) in [7, 11) is 1.59. The van der Waals surface area contributed by atoms with Crippen LogP contribution in [0.2, 0.25) is 0 Å². The number of nitrogens with two attached hydrogens (primary N) is 2. The molecular formula is C13H22N6O6S2. The highest BCUT2D eigenvalue weighted by Crippen LogP contribution is 2.21. The van der Waals surface area contributed by atoms with E-state index in [1.54, 1.807) is 18.8 Å². The summed E-state index contributed by atoms with van der Waals surface area (Å²) in [4.78, 5) is 38.0. The van der Waals surface area contributed by atoms with Crippen LogP contribution in [0.15, 0.2) is 22.5 Å². The van der Waals surface area contributed by atoms with E-state index in [4.69, 9.17) is 16.6 Å². The molecule has 0 bridgehead atoms. The lowest BCUT2D eigenvalue weighted by Crippen LogP contribution is -2.34. The molecule has 0 aliphatic rings. The number of hydrogen-bond donors (Lipinski definition) is 5. The number of thioether (sulfide) groups is 1. The van der Waals surface area contributed by atoms with Crippen LogP contribution in [0.3, 0.4) is 0 Å². The molecular weight excluding hydrogens is 400 g/mol. The molecule has 152 valence electrons. The van der Waals surface area contributed by atoms with Crippen molar-refractivity contribution >= 4 is 52.2 Å². The number of rotatable bonds is 8. The lowest BCUT2D eigenvalue weighted by molar-refractivity contribution is -0.297. The van der Waals surface area contributed by atoms with Gasteiger partial charge in [0.2, 0.25) is 5.13 Å². The fraction of sp³-hybridized carbons (Fsp3) is 0.308. The minimum absolute atomic E-state index is 0. The van der Waals surface area contributed by atoms with Gasteiger partial charge in [-0.25, -0.2) is 14.6 Å². The monoisotopic (exact) mass is 422 g/mol. The van der Waals surface area contributed by atoms with E-state index in [1.165, 1.54) is 11.3 Å². The van der Waals surface area contributed by atoms with Gasteiger partial charge in [-0.05, 0) is 6.08 Å². The number of carboxylic acid groups (broad SMARTS) is 2. The van der Waals surface area contributed by atoms with Gasteiger partial charge in [-0.15, -0.1) is 11.3 Å². The van der Waals surface area contributed by atoms with Crippen molar-refractivity contribution in [2.24, 2.45) is 16.5 Å². The predicted octanol–water partition coefficient (Wildman–Crippen LogP) is -2.12. The molecule has 0 saturated heterocycles. The number of aliphatic carboxylic acids is 2. The number of amides is 2. The zero-order valence-corrected chi connectivity index (χ0v) is 15.9. The average Bonchev–Trinajstić information content (AvgIpc) is 2.99. The highest BCUT2D eigenvalue weighted by Gasteiger charge is 2.01. The molecule has 0 aliphatic heterocycles. The number of guanidine groups is 1. The fourth-order valence-corrected chi connectivity index (χ4v) is 2.72. The number of thiazole rings is 1. The van der Waals surface area contributed by atoms with Gasteiger partial charge in [-0.3, -0.25) is 0 Å². The van der Waals surface area contributed by atoms with Crippen LogP contribution in [-0.2, 0) is 15.3 Å². The molecule has 0 unspecified atom stereocenters. The van der Waals surface area contributed by atoms with Crippen molar-refractivity contribution < 1.29 is 31.5 Å². The predicted molar refractivity (Wildman–Crippen MR) is 103 cm³/mol. The Kier molecular flexibility index (Phi) is 15.1. The first kappa shape index (κ1) is 26.4. The molecule has 0 aliphatic carbocycles. The normalized spacial score (nSPS) is 9.37. The van der Waals surface area contributed by atoms with Crippen molar-refractivity contribution in [2.45, 2.75) is 5.75 Å². The van der Waals surface area contributed by atoms with Crippen LogP contribution in [0.5, 0.6) is 0 Å². The molecule has 1 rings (SSSR count). The Balaban J connectivity index is -0.000000537. The Hall–Kier alpha value is -2.84. The van der Waals surface area contributed by atoms with Crippen LogP contribution in [-0.4, -0.2) is 58.8 Å². The Bertz CT molecular complexity index is 650. The summed E-state index contributed by atoms with van der Waals surface area (Å²) < 4.78 is 0. The molecule has 0 aromatic carbocycles. The zero-order chi connectivity index (χ0) is 19.9. The number of aliphatic imine (C=N–C) groups is 1. The number of carbonyl (C=O) groups excluding carboxylic acids is 2. The van der Waals surface area contributed by atoms with Gasteiger partial charge >= 0.3 is 13.4 Å². The molecule has 2 amide bonds. The maximum atomic E-state index is 10.9. The molecule has 14 heteroatoms. The van der Waals surface area contributed by atoms with E-state index in [-0.39, 0.29) is 18.9 Å². The number of urea groups is 1. The van der Waals surface area contributed by atoms with E-state index in [1.807, 2.05) is 5.38 Å². The molecule has 1 aromatic heterocycles. The van der Waals surface area contributed by atoms with Gasteiger partial charge in [0.25, 0.3) is 0 Å². The second kappa shape index (κ2) is 15.4. The number of nitrogens with zero attached hydrogens (tertiary/aromatic N) is 2. The molecule has 1 heterocycles. The number of carbonyl (C=O) groups is 3. The van der Waals surface area contributed by atoms with Crippen LogP contribution in [0.1, 0.15) is 7.12 Å². The first-order valence-electron chi connectivity index (χ1n) is 6.94. The van der Waals surface area contributed by atoms with Crippen molar-refractivity contribution in [2.75, 3.05) is 19.3 Å². The summed E-state index contributed by atoms with van der Waals surface area (Å²) in [5.41, 5.74) is 11.5. The standard InChI is InChI=1S/C9H16N6OS2.C4H4O4.H2O/c1-12-8(16)13-2-3-17-4-6-5-18-9(14-6)15-7(10)11;5-3(6)1-2-4(7)8;/h5H,2-4H2,1H3,(H2,12,13,16)(H4,10,11,14,15);1-2H,(H,5,6)(H,7,8);1H2/b;2-1-;. The van der Waals surface area contributed by atoms with Crippen LogP contribution in [0, 0.1) is 0 Å². The molecule has 0 saturated carbocycles. The lowest BCUT2D eigenvalue weighted by Gasteiger charge is -2.02. The van der Waals surface area contributed by atoms with Gasteiger partial charge in [0, 0.05) is 36.6 Å². The Morgan fingerprint density at radius 2 is 2.11 bits per heavy atom. The molecule has 1 aromatic rings. The second-order valence-corrected chi connectivity index (χ2v) is 6.15. The van der Waals surface area contributed by atoms with Gasteiger partial charge in [0.15, 0.2) is 5.96 Å². The summed E-state index contributed by atoms with van der Waals surface area (Å²) in [6.45, 7) is 0.620. The average molecular weight is 422 g/mol. The van der Waals surface area contributed by atoms with Crippen LogP contribution in [0.25, 0.3) is 0 Å². The van der Waals surface area contributed by atoms with E-state index < -0.39 is 11.9 Å². The molecule has 0 radical (unpaired) electrons. The SMILES string of the molecule is CNC(=O)NCCSCc1csc(N=C(N)N)n1.O.O=C([O-])/C=C\C(=O)O.[H+]. The van der Waals surface area contributed by atoms with Crippen molar-refractivity contribution in [3.8, 4) is 0 Å². The van der Waals surface area contributed by atoms with Crippen molar-refractivity contribution in [3.63, 3.8) is 0 Å². The largest absolute Gasteiger partial charge is 1.00 e. The number of hydrogen-bond acceptors (Lipinski definition) is 8. The number of aromatic nitrogens is 1. The highest BCUT2D eigenvalue weighted by molar-refractivity contribution is 7.98. The summed E-state index contributed by atoms with van der Waals surface area (Å²) in [5, 5.41) is 24.9. The second-order valence-electron chi connectivity index (χ2n) is 4.21. The third-order valence-corrected chi connectivity index (χ3v) is 3.91. The third kappa shape index (κ3) is 16.4. The topological polar surface area (TPSA) is 227 Å². The fourth-order valence-electron chi connectivity index (χ4n) is 1.17. The Morgan fingerprint density at radius 3 is 2.59 bits per heavy atom. The van der Waals surface area contributed by atoms with E-state index in [9.17, 15) is 19.5 Å². The first-order valence-corrected chi connectivity index (χ1v) is 8.97. The Morgan fingerprint density at radius 1 is 1.44 bits per heavy atom. The quantitative estimate of drug-likeness (QED) is 0.133. The molecule has 0 atom stereocenters. The van der Waals surface area contributed by atoms with Gasteiger partial charge in [-0.1, -0.05) is 0 Å². The molecule has 0 fully saturated rings. The summed E-state index contributed by atoms with van der Waals surface area (Å²) in [6, 6.07) is -0.167.